The molecule has 1 fully saturated rings. The number of epoxide rings is 1. The lowest BCUT2D eigenvalue weighted by atomic mass is 10.3. The summed E-state index contributed by atoms with van der Waals surface area (Å²) < 4.78 is 63.6. The van der Waals surface area contributed by atoms with Gasteiger partial charge < -0.3 is 4.74 Å². The van der Waals surface area contributed by atoms with Gasteiger partial charge in [0.15, 0.2) is 0 Å². The van der Waals surface area contributed by atoms with Crippen LogP contribution in [0, 0.1) is 0 Å². The minimum atomic E-state index is -9.34. The van der Waals surface area contributed by atoms with Crippen molar-refractivity contribution < 1.29 is 24.2 Å². The lowest BCUT2D eigenvalue weighted by Crippen LogP contribution is -2.21. The Kier molecular flexibility index (Phi) is 2.12. The van der Waals surface area contributed by atoms with Crippen LogP contribution in [0.2, 0.25) is 0 Å². The zero-order valence-electron chi connectivity index (χ0n) is 6.36. The highest BCUT2D eigenvalue weighted by Crippen LogP contribution is 2.98. The average molecular weight is 247 g/mol. The third-order valence-corrected chi connectivity index (χ3v) is 2.96. The maximum Gasteiger partial charge on any atom is 0.287 e. The Morgan fingerprint density at radius 2 is 1.77 bits per heavy atom. The van der Waals surface area contributed by atoms with Crippen LogP contribution in [0.3, 0.4) is 0 Å². The molecule has 0 aromatic heterocycles. The zero-order valence-corrected chi connectivity index (χ0v) is 7.93. The summed E-state index contributed by atoms with van der Waals surface area (Å²) in [7, 11) is -9.34. The molecule has 0 bridgehead atoms. The Morgan fingerprint density at radius 3 is 2.08 bits per heavy atom. The van der Waals surface area contributed by atoms with Crippen molar-refractivity contribution in [2.75, 3.05) is 12.4 Å². The molecule has 2 atom stereocenters. The second kappa shape index (κ2) is 2.43. The molecule has 1 heterocycles. The number of ether oxygens (including phenoxy) is 1. The third kappa shape index (κ3) is 6.34. The molecule has 0 amide bonds. The summed E-state index contributed by atoms with van der Waals surface area (Å²) >= 11 is 5.13. The van der Waals surface area contributed by atoms with E-state index in [2.05, 4.69) is 4.74 Å². The van der Waals surface area contributed by atoms with Gasteiger partial charge in [-0.3, -0.25) is 0 Å². The van der Waals surface area contributed by atoms with Crippen molar-refractivity contribution in [3.8, 4) is 0 Å². The minimum Gasteiger partial charge on any atom is -0.373 e. The van der Waals surface area contributed by atoms with Gasteiger partial charge in [0.05, 0.1) is 18.1 Å². The maximum absolute atomic E-state index is 11.8. The standard InChI is InChI=1S/C5H8ClF5OS/c6-4(1-5-2-12-5)3-13(7,8,9,10)11/h4-5H,1-3H2. The van der Waals surface area contributed by atoms with E-state index in [4.69, 9.17) is 11.6 Å². The van der Waals surface area contributed by atoms with Crippen molar-refractivity contribution >= 4 is 21.8 Å². The van der Waals surface area contributed by atoms with Gasteiger partial charge in [-0.05, 0) is 6.42 Å². The fourth-order valence-corrected chi connectivity index (χ4v) is 2.63. The van der Waals surface area contributed by atoms with Gasteiger partial charge in [-0.1, -0.05) is 19.4 Å². The number of hydrogen-bond acceptors (Lipinski definition) is 1. The average Bonchev–Trinajstić information content (AvgIpc) is 2.37. The first-order chi connectivity index (χ1) is 5.45. The maximum atomic E-state index is 11.8. The number of alkyl halides is 1. The van der Waals surface area contributed by atoms with Crippen LogP contribution in [0.25, 0.3) is 0 Å². The smallest absolute Gasteiger partial charge is 0.287 e. The second-order valence-corrected chi connectivity index (χ2v) is 6.29. The molecule has 8 heteroatoms. The summed E-state index contributed by atoms with van der Waals surface area (Å²) in [5.41, 5.74) is 0. The van der Waals surface area contributed by atoms with Gasteiger partial charge in [0.25, 0.3) is 10.2 Å². The molecular formula is C5H8ClF5OS. The first kappa shape index (κ1) is 11.3. The zero-order chi connectivity index (χ0) is 10.4. The monoisotopic (exact) mass is 246 g/mol. The van der Waals surface area contributed by atoms with Gasteiger partial charge in [0, 0.05) is 0 Å². The van der Waals surface area contributed by atoms with Crippen molar-refractivity contribution in [3.63, 3.8) is 0 Å². The number of hydrogen-bond donors (Lipinski definition) is 0. The fourth-order valence-electron chi connectivity index (χ4n) is 0.899. The van der Waals surface area contributed by atoms with Crippen molar-refractivity contribution in [1.82, 2.24) is 0 Å². The van der Waals surface area contributed by atoms with Crippen molar-refractivity contribution in [2.45, 2.75) is 17.9 Å². The van der Waals surface area contributed by atoms with Gasteiger partial charge >= 0.3 is 0 Å². The predicted molar refractivity (Wildman–Crippen MR) is 42.0 cm³/mol. The Hall–Kier alpha value is 0.250. The molecule has 82 valence electrons. The third-order valence-electron chi connectivity index (χ3n) is 1.42. The van der Waals surface area contributed by atoms with E-state index in [0.29, 0.717) is 6.61 Å². The predicted octanol–water partition coefficient (Wildman–Crippen LogP) is 3.68. The van der Waals surface area contributed by atoms with Crippen LogP contribution in [0.4, 0.5) is 19.4 Å². The van der Waals surface area contributed by atoms with Gasteiger partial charge in [-0.25, -0.2) is 0 Å². The Labute approximate surface area is 76.9 Å². The van der Waals surface area contributed by atoms with E-state index in [9.17, 15) is 19.4 Å². The molecule has 0 saturated carbocycles. The number of rotatable bonds is 4. The van der Waals surface area contributed by atoms with Gasteiger partial charge in [-0.15, -0.1) is 11.6 Å². The first-order valence-corrected chi connectivity index (χ1v) is 5.99. The first-order valence-electron chi connectivity index (χ1n) is 3.44. The molecule has 0 radical (unpaired) electrons. The Morgan fingerprint density at radius 1 is 1.31 bits per heavy atom. The SMILES string of the molecule is FS(F)(F)(F)(F)CC(Cl)CC1CO1. The summed E-state index contributed by atoms with van der Waals surface area (Å²) in [5.74, 6) is -2.21. The highest BCUT2D eigenvalue weighted by molar-refractivity contribution is 8.45. The van der Waals surface area contributed by atoms with Crippen LogP contribution in [0.15, 0.2) is 0 Å². The summed E-state index contributed by atoms with van der Waals surface area (Å²) in [6, 6.07) is 0. The van der Waals surface area contributed by atoms with E-state index in [0.717, 1.165) is 0 Å². The molecule has 0 aromatic rings. The van der Waals surface area contributed by atoms with Crippen molar-refractivity contribution in [2.24, 2.45) is 0 Å². The van der Waals surface area contributed by atoms with E-state index in [1.807, 2.05) is 0 Å². The molecule has 0 N–H and O–H groups in total. The summed E-state index contributed by atoms with van der Waals surface area (Å²) in [5, 5.41) is -1.59. The van der Waals surface area contributed by atoms with Crippen LogP contribution in [0.1, 0.15) is 6.42 Å². The minimum absolute atomic E-state index is 0.173. The van der Waals surface area contributed by atoms with E-state index in [1.54, 1.807) is 0 Å². The Balaban J connectivity index is 2.47. The molecule has 1 aliphatic rings. The van der Waals surface area contributed by atoms with Crippen LogP contribution >= 0.6 is 21.8 Å². The number of halogens is 6. The van der Waals surface area contributed by atoms with Gasteiger partial charge in [0.2, 0.25) is 0 Å². The summed E-state index contributed by atoms with van der Waals surface area (Å²) in [4.78, 5) is 0. The van der Waals surface area contributed by atoms with Crippen LogP contribution < -0.4 is 0 Å². The van der Waals surface area contributed by atoms with Gasteiger partial charge in [0.1, 0.15) is 5.75 Å². The topological polar surface area (TPSA) is 12.5 Å². The van der Waals surface area contributed by atoms with Crippen LogP contribution in [0.5, 0.6) is 0 Å². The van der Waals surface area contributed by atoms with E-state index >= 15 is 0 Å². The largest absolute Gasteiger partial charge is 0.373 e. The van der Waals surface area contributed by atoms with E-state index in [-0.39, 0.29) is 12.5 Å². The highest BCUT2D eigenvalue weighted by Gasteiger charge is 2.64. The van der Waals surface area contributed by atoms with E-state index in [1.165, 1.54) is 0 Å². The molecule has 13 heavy (non-hydrogen) atoms. The lowest BCUT2D eigenvalue weighted by Gasteiger charge is -2.41. The quantitative estimate of drug-likeness (QED) is 0.419. The molecule has 0 aromatic carbocycles. The van der Waals surface area contributed by atoms with E-state index < -0.39 is 21.4 Å². The summed E-state index contributed by atoms with van der Waals surface area (Å²) in [6.07, 6.45) is -0.546. The van der Waals surface area contributed by atoms with Crippen molar-refractivity contribution in [3.05, 3.63) is 0 Å². The van der Waals surface area contributed by atoms with Crippen LogP contribution in [-0.2, 0) is 4.74 Å². The molecule has 1 aliphatic heterocycles. The Bertz CT molecular complexity index is 208. The molecule has 0 spiro atoms. The molecular weight excluding hydrogens is 239 g/mol. The van der Waals surface area contributed by atoms with Crippen molar-refractivity contribution in [1.29, 1.82) is 0 Å². The second-order valence-electron chi connectivity index (χ2n) is 3.08. The van der Waals surface area contributed by atoms with Gasteiger partial charge in [-0.2, -0.15) is 0 Å². The molecule has 2 unspecified atom stereocenters. The molecule has 1 saturated heterocycles. The highest BCUT2D eigenvalue weighted by atomic mass is 35.5. The molecule has 1 nitrogen and oxygen atoms in total. The summed E-state index contributed by atoms with van der Waals surface area (Å²) in [6.45, 7) is 0.309. The van der Waals surface area contributed by atoms with Crippen LogP contribution in [-0.4, -0.2) is 23.8 Å². The molecule has 1 rings (SSSR count). The molecule has 0 aliphatic carbocycles. The lowest BCUT2D eigenvalue weighted by molar-refractivity contribution is 0.355. The fraction of sp³-hybridized carbons (Fsp3) is 1.00. The normalized spacial score (nSPS) is 30.5.